The zero-order valence-electron chi connectivity index (χ0n) is 12.6. The monoisotopic (exact) mass is 369 g/mol. The summed E-state index contributed by atoms with van der Waals surface area (Å²) in [5, 5.41) is 5.71. The third kappa shape index (κ3) is 4.15. The van der Waals surface area contributed by atoms with Crippen LogP contribution in [0.4, 0.5) is 4.39 Å². The van der Waals surface area contributed by atoms with Crippen LogP contribution in [0.15, 0.2) is 40.2 Å². The van der Waals surface area contributed by atoms with Crippen LogP contribution in [0.1, 0.15) is 31.2 Å². The first-order chi connectivity index (χ1) is 9.93. The van der Waals surface area contributed by atoms with Gasteiger partial charge in [0.05, 0.1) is 0 Å². The van der Waals surface area contributed by atoms with E-state index >= 15 is 0 Å². The Bertz CT molecular complexity index is 577. The molecular weight excluding hydrogens is 349 g/mol. The Morgan fingerprint density at radius 1 is 1.29 bits per heavy atom. The van der Waals surface area contributed by atoms with E-state index in [1.807, 2.05) is 12.1 Å². The summed E-state index contributed by atoms with van der Waals surface area (Å²) in [6.45, 7) is 7.48. The van der Waals surface area contributed by atoms with Crippen molar-refractivity contribution in [3.8, 4) is 0 Å². The fourth-order valence-corrected chi connectivity index (χ4v) is 4.07. The molecule has 0 radical (unpaired) electrons. The first-order valence-corrected chi connectivity index (χ1v) is 8.83. The van der Waals surface area contributed by atoms with Crippen molar-refractivity contribution >= 4 is 27.3 Å². The number of nitrogens with one attached hydrogen (secondary N) is 1. The first-order valence-electron chi connectivity index (χ1n) is 7.15. The van der Waals surface area contributed by atoms with Gasteiger partial charge in [-0.15, -0.1) is 11.3 Å². The Labute approximate surface area is 138 Å². The van der Waals surface area contributed by atoms with Crippen LogP contribution in [0.2, 0.25) is 0 Å². The number of benzene rings is 1. The highest BCUT2D eigenvalue weighted by molar-refractivity contribution is 9.10. The summed E-state index contributed by atoms with van der Waals surface area (Å²) in [4.78, 5) is 1.35. The molecule has 0 amide bonds. The SMILES string of the molecule is CCNC(Cc1cc(Br)cs1)C(C)(C)c1ccc(F)cc1. The summed E-state index contributed by atoms with van der Waals surface area (Å²) < 4.78 is 14.3. The van der Waals surface area contributed by atoms with Gasteiger partial charge in [-0.2, -0.15) is 0 Å². The van der Waals surface area contributed by atoms with Gasteiger partial charge >= 0.3 is 0 Å². The average Bonchev–Trinajstić information content (AvgIpc) is 2.84. The number of hydrogen-bond acceptors (Lipinski definition) is 2. The Kier molecular flexibility index (Phi) is 5.58. The number of hydrogen-bond donors (Lipinski definition) is 1. The van der Waals surface area contributed by atoms with Gasteiger partial charge in [0.1, 0.15) is 5.82 Å². The van der Waals surface area contributed by atoms with Crippen LogP contribution in [0.5, 0.6) is 0 Å². The van der Waals surface area contributed by atoms with Gasteiger partial charge in [-0.05, 0) is 52.7 Å². The van der Waals surface area contributed by atoms with E-state index in [0.29, 0.717) is 6.04 Å². The van der Waals surface area contributed by atoms with E-state index < -0.39 is 0 Å². The van der Waals surface area contributed by atoms with Crippen LogP contribution in [-0.2, 0) is 11.8 Å². The Morgan fingerprint density at radius 3 is 2.48 bits per heavy atom. The topological polar surface area (TPSA) is 12.0 Å². The lowest BCUT2D eigenvalue weighted by Crippen LogP contribution is -2.46. The fraction of sp³-hybridized carbons (Fsp3) is 0.412. The number of rotatable bonds is 6. The number of halogens is 2. The second-order valence-electron chi connectivity index (χ2n) is 5.77. The number of likely N-dealkylation sites (N-methyl/N-ethyl adjacent to an activating group) is 1. The summed E-state index contributed by atoms with van der Waals surface area (Å²) in [5.41, 5.74) is 1.09. The second kappa shape index (κ2) is 7.03. The van der Waals surface area contributed by atoms with E-state index in [4.69, 9.17) is 0 Å². The summed E-state index contributed by atoms with van der Waals surface area (Å²) in [6, 6.07) is 9.35. The maximum absolute atomic E-state index is 13.2. The highest BCUT2D eigenvalue weighted by atomic mass is 79.9. The van der Waals surface area contributed by atoms with E-state index in [1.165, 1.54) is 4.88 Å². The molecule has 0 fully saturated rings. The van der Waals surface area contributed by atoms with Crippen molar-refractivity contribution in [2.45, 2.75) is 38.6 Å². The molecule has 1 N–H and O–H groups in total. The first kappa shape index (κ1) is 16.7. The van der Waals surface area contributed by atoms with Crippen molar-refractivity contribution in [2.24, 2.45) is 0 Å². The minimum Gasteiger partial charge on any atom is -0.313 e. The zero-order valence-corrected chi connectivity index (χ0v) is 15.0. The van der Waals surface area contributed by atoms with Gasteiger partial charge in [0.2, 0.25) is 0 Å². The average molecular weight is 370 g/mol. The quantitative estimate of drug-likeness (QED) is 0.742. The summed E-state index contributed by atoms with van der Waals surface area (Å²) in [6.07, 6.45) is 0.967. The molecule has 1 atom stereocenters. The third-order valence-corrected chi connectivity index (χ3v) is 5.66. The highest BCUT2D eigenvalue weighted by Crippen LogP contribution is 2.31. The van der Waals surface area contributed by atoms with Crippen LogP contribution < -0.4 is 5.32 Å². The Morgan fingerprint density at radius 2 is 1.95 bits per heavy atom. The molecule has 1 aromatic carbocycles. The third-order valence-electron chi connectivity index (χ3n) is 3.94. The van der Waals surface area contributed by atoms with Crippen molar-refractivity contribution in [3.05, 3.63) is 56.4 Å². The van der Waals surface area contributed by atoms with E-state index in [1.54, 1.807) is 23.5 Å². The minimum atomic E-state index is -0.184. The molecule has 1 aromatic heterocycles. The summed E-state index contributed by atoms with van der Waals surface area (Å²) in [7, 11) is 0. The molecule has 4 heteroatoms. The predicted molar refractivity (Wildman–Crippen MR) is 92.6 cm³/mol. The zero-order chi connectivity index (χ0) is 15.5. The molecule has 21 heavy (non-hydrogen) atoms. The molecule has 0 bridgehead atoms. The van der Waals surface area contributed by atoms with Crippen LogP contribution in [0.25, 0.3) is 0 Å². The molecule has 0 aliphatic carbocycles. The molecule has 1 nitrogen and oxygen atoms in total. The van der Waals surface area contributed by atoms with Crippen molar-refractivity contribution in [1.29, 1.82) is 0 Å². The maximum Gasteiger partial charge on any atom is 0.123 e. The van der Waals surface area contributed by atoms with E-state index in [0.717, 1.165) is 23.0 Å². The Balaban J connectivity index is 2.24. The van der Waals surface area contributed by atoms with Gasteiger partial charge in [0, 0.05) is 26.2 Å². The molecule has 114 valence electrons. The molecule has 0 saturated carbocycles. The molecule has 2 aromatic rings. The van der Waals surface area contributed by atoms with E-state index in [9.17, 15) is 4.39 Å². The smallest absolute Gasteiger partial charge is 0.123 e. The van der Waals surface area contributed by atoms with Crippen LogP contribution in [0, 0.1) is 5.82 Å². The van der Waals surface area contributed by atoms with Crippen molar-refractivity contribution in [2.75, 3.05) is 6.54 Å². The van der Waals surface area contributed by atoms with Crippen molar-refractivity contribution in [1.82, 2.24) is 5.32 Å². The summed E-state index contributed by atoms with van der Waals surface area (Å²) >= 11 is 5.28. The molecule has 2 rings (SSSR count). The maximum atomic E-state index is 13.2. The fourth-order valence-electron chi connectivity index (χ4n) is 2.57. The minimum absolute atomic E-state index is 0.0693. The molecule has 0 spiro atoms. The molecule has 1 unspecified atom stereocenters. The standard InChI is InChI=1S/C17H21BrFNS/c1-4-20-16(10-15-9-13(18)11-21-15)17(2,3)12-5-7-14(19)8-6-12/h5-9,11,16,20H,4,10H2,1-3H3. The number of thiophene rings is 1. The largest absolute Gasteiger partial charge is 0.313 e. The van der Waals surface area contributed by atoms with E-state index in [2.05, 4.69) is 53.5 Å². The summed E-state index contributed by atoms with van der Waals surface area (Å²) in [5.74, 6) is -0.184. The van der Waals surface area contributed by atoms with Gasteiger partial charge < -0.3 is 5.32 Å². The highest BCUT2D eigenvalue weighted by Gasteiger charge is 2.31. The Hall–Kier alpha value is -0.710. The van der Waals surface area contributed by atoms with Crippen LogP contribution in [0.3, 0.4) is 0 Å². The molecule has 0 aliphatic rings. The predicted octanol–water partition coefficient (Wildman–Crippen LogP) is 5.15. The van der Waals surface area contributed by atoms with Gasteiger partial charge in [-0.25, -0.2) is 4.39 Å². The molecule has 0 saturated heterocycles. The van der Waals surface area contributed by atoms with Gasteiger partial charge in [0.25, 0.3) is 0 Å². The van der Waals surface area contributed by atoms with Gasteiger partial charge in [-0.3, -0.25) is 0 Å². The second-order valence-corrected chi connectivity index (χ2v) is 7.69. The van der Waals surface area contributed by atoms with Crippen molar-refractivity contribution < 1.29 is 4.39 Å². The molecule has 1 heterocycles. The van der Waals surface area contributed by atoms with E-state index in [-0.39, 0.29) is 11.2 Å². The normalized spacial score (nSPS) is 13.4. The van der Waals surface area contributed by atoms with Crippen molar-refractivity contribution in [3.63, 3.8) is 0 Å². The molecular formula is C17H21BrFNS. The van der Waals surface area contributed by atoms with Crippen LogP contribution in [-0.4, -0.2) is 12.6 Å². The lowest BCUT2D eigenvalue weighted by Gasteiger charge is -2.35. The lowest BCUT2D eigenvalue weighted by molar-refractivity contribution is 0.344. The van der Waals surface area contributed by atoms with Crippen LogP contribution >= 0.6 is 27.3 Å². The molecule has 0 aliphatic heterocycles. The van der Waals surface area contributed by atoms with Gasteiger partial charge in [-0.1, -0.05) is 32.9 Å². The van der Waals surface area contributed by atoms with Gasteiger partial charge in [0.15, 0.2) is 0 Å². The lowest BCUT2D eigenvalue weighted by atomic mass is 9.76.